The minimum absolute atomic E-state index is 0.0348. The van der Waals surface area contributed by atoms with Crippen molar-refractivity contribution in [1.29, 1.82) is 0 Å². The van der Waals surface area contributed by atoms with Crippen LogP contribution in [0.5, 0.6) is 5.75 Å². The fourth-order valence-corrected chi connectivity index (χ4v) is 10.8. The molecule has 0 radical (unpaired) electrons. The maximum atomic E-state index is 15.1. The van der Waals surface area contributed by atoms with Crippen molar-refractivity contribution < 1.29 is 67.7 Å². The van der Waals surface area contributed by atoms with E-state index in [1.165, 1.54) is 12.1 Å². The lowest BCUT2D eigenvalue weighted by molar-refractivity contribution is -0.141. The number of aldehydes is 2. The summed E-state index contributed by atoms with van der Waals surface area (Å²) in [5.74, 6) is -8.64. The fraction of sp³-hybridized carbons (Fsp3) is 0.638. The summed E-state index contributed by atoms with van der Waals surface area (Å²) in [7, 11) is 2.19. The molecule has 1 aromatic rings. The summed E-state index contributed by atoms with van der Waals surface area (Å²) in [6.07, 6.45) is -0.246. The number of aromatic hydroxyl groups is 1. The second-order valence-electron chi connectivity index (χ2n) is 18.8. The number of amides is 9. The van der Waals surface area contributed by atoms with Crippen LogP contribution in [0.4, 0.5) is 0 Å². The van der Waals surface area contributed by atoms with Gasteiger partial charge < -0.3 is 89.2 Å². The van der Waals surface area contributed by atoms with E-state index in [2.05, 4.69) is 42.5 Å². The Morgan fingerprint density at radius 3 is 2.19 bits per heavy atom. The number of rotatable bonds is 25. The number of benzene rings is 1. The lowest BCUT2D eigenvalue weighted by Crippen LogP contribution is -2.66. The highest BCUT2D eigenvalue weighted by atomic mass is 33.1. The lowest BCUT2D eigenvalue weighted by Gasteiger charge is -2.37. The lowest BCUT2D eigenvalue weighted by atomic mass is 9.83. The van der Waals surface area contributed by atoms with Gasteiger partial charge in [0.15, 0.2) is 0 Å². The molecule has 0 aliphatic carbocycles. The molecule has 418 valence electrons. The molecule has 2 aliphatic rings. The van der Waals surface area contributed by atoms with Crippen molar-refractivity contribution in [3.05, 3.63) is 29.8 Å². The smallest absolute Gasteiger partial charge is 0.246 e. The summed E-state index contributed by atoms with van der Waals surface area (Å²) < 4.78 is 5.46. The van der Waals surface area contributed by atoms with Gasteiger partial charge in [-0.15, -0.1) is 0 Å². The summed E-state index contributed by atoms with van der Waals surface area (Å²) in [6.45, 7) is 4.35. The molecule has 2 bridgehead atoms. The highest BCUT2D eigenvalue weighted by molar-refractivity contribution is 8.77. The third kappa shape index (κ3) is 20.6. The minimum Gasteiger partial charge on any atom is -0.508 e. The van der Waals surface area contributed by atoms with Crippen molar-refractivity contribution in [2.75, 3.05) is 58.3 Å². The zero-order valence-electron chi connectivity index (χ0n) is 42.6. The standard InChI is InChI=1S/C47H74N12O14S2/c1-5-27(4)47(25-62)24-52-31(10-11-37(49)64)41(67)56-34(18-38(50)65)43(69)57-40(36-20-51-35(23-74-75-36)44(70)55-33(45(71)58-47)17-28-6-8-30(63)9-7-28)46(72)59(12-14-73-15-13-60)21-39(66)54-32(16-26(2)3)42(68)53-29(19-48)22-61/h6-9,22,25-27,29,31-36,40,51-52,60,63H,5,10-21,23-24,48H2,1-4H3,(H2,49,64)(H2,50,65)(H,53,68)(H,54,66)(H,55,70)(H,56,67)(H,57,69)(H,58,71)/t27-,29?,31-,32-,33-,34-,35-,36?,40-,47+/m0/s1. The number of nitrogens with two attached hydrogens (primary N) is 3. The van der Waals surface area contributed by atoms with Crippen molar-refractivity contribution >= 4 is 87.3 Å². The SMILES string of the molecule is CC[C@H](C)[C@]1(C=O)CN[C@@H](CCC(N)=O)C(=O)N[C@@H](CC(N)=O)C(=O)N[C@H](C(=O)N(CCOCCO)CC(=O)N[C@@H](CC(C)C)C(=O)NC(C=O)CN)C2CN[C@@H](CSS2)C(=O)N[C@@H](Cc2ccc(O)cc2)C(=O)N1. The molecule has 2 fully saturated rings. The molecule has 2 unspecified atom stereocenters. The summed E-state index contributed by atoms with van der Waals surface area (Å²) in [6, 6.07) is -3.56. The summed E-state index contributed by atoms with van der Waals surface area (Å²) in [5.41, 5.74) is 15.4. The van der Waals surface area contributed by atoms with Crippen LogP contribution < -0.4 is 59.7 Å². The van der Waals surface area contributed by atoms with Crippen LogP contribution in [0, 0.1) is 11.8 Å². The Hall–Kier alpha value is -5.91. The molecule has 0 saturated carbocycles. The van der Waals surface area contributed by atoms with Gasteiger partial charge >= 0.3 is 0 Å². The maximum absolute atomic E-state index is 15.1. The fourth-order valence-electron chi connectivity index (χ4n) is 7.95. The number of hydrogen-bond acceptors (Lipinski definition) is 19. The number of primary amides is 2. The number of nitrogens with one attached hydrogen (secondary N) is 8. The van der Waals surface area contributed by atoms with Crippen LogP contribution in [0.1, 0.15) is 65.4 Å². The van der Waals surface area contributed by atoms with Crippen LogP contribution >= 0.6 is 21.6 Å². The number of ether oxygens (including phenoxy) is 1. The molecule has 2 heterocycles. The number of carbonyl (C=O) groups is 11. The van der Waals surface area contributed by atoms with Crippen LogP contribution in [0.25, 0.3) is 0 Å². The third-order valence-corrected chi connectivity index (χ3v) is 15.3. The van der Waals surface area contributed by atoms with Crippen LogP contribution in [0.3, 0.4) is 0 Å². The molecule has 0 spiro atoms. The quantitative estimate of drug-likeness (QED) is 0.0249. The predicted octanol–water partition coefficient (Wildman–Crippen LogP) is -4.67. The molecular formula is C47H74N12O14S2. The van der Waals surface area contributed by atoms with E-state index in [0.717, 1.165) is 26.5 Å². The van der Waals surface area contributed by atoms with Gasteiger partial charge in [0.2, 0.25) is 53.2 Å². The molecule has 1 aromatic carbocycles. The predicted molar refractivity (Wildman–Crippen MR) is 277 cm³/mol. The van der Waals surface area contributed by atoms with Crippen LogP contribution in [-0.2, 0) is 63.9 Å². The Kier molecular flexibility index (Phi) is 26.9. The molecule has 3 rings (SSSR count). The molecular weight excluding hydrogens is 1020 g/mol. The Bertz CT molecular complexity index is 2140. The van der Waals surface area contributed by atoms with Crippen molar-refractivity contribution in [2.24, 2.45) is 29.0 Å². The molecule has 26 nitrogen and oxygen atoms in total. The normalized spacial score (nSPS) is 24.2. The van der Waals surface area contributed by atoms with E-state index in [1.54, 1.807) is 39.8 Å². The van der Waals surface area contributed by atoms with E-state index in [0.29, 0.717) is 24.6 Å². The van der Waals surface area contributed by atoms with Gasteiger partial charge in [0.05, 0.1) is 56.2 Å². The first-order valence-corrected chi connectivity index (χ1v) is 27.0. The summed E-state index contributed by atoms with van der Waals surface area (Å²) in [4.78, 5) is 150. The van der Waals surface area contributed by atoms with Crippen LogP contribution in [-0.4, -0.2) is 192 Å². The zero-order valence-corrected chi connectivity index (χ0v) is 44.3. The highest BCUT2D eigenvalue weighted by Crippen LogP contribution is 2.33. The number of phenols is 1. The van der Waals surface area contributed by atoms with E-state index in [1.807, 2.05) is 0 Å². The number of aliphatic hydroxyl groups excluding tert-OH is 1. The van der Waals surface area contributed by atoms with Gasteiger partial charge in [-0.2, -0.15) is 0 Å². The minimum atomic E-state index is -1.78. The first kappa shape index (κ1) is 63.4. The monoisotopic (exact) mass is 1090 g/mol. The van der Waals surface area contributed by atoms with Gasteiger partial charge in [-0.25, -0.2) is 0 Å². The molecule has 28 heteroatoms. The Balaban J connectivity index is 2.21. The van der Waals surface area contributed by atoms with E-state index in [4.69, 9.17) is 21.9 Å². The number of aliphatic hydroxyl groups is 1. The Labute approximate surface area is 443 Å². The topological polar surface area (TPSA) is 415 Å². The van der Waals surface area contributed by atoms with E-state index < -0.39 is 132 Å². The molecule has 2 saturated heterocycles. The molecule has 0 aromatic heterocycles. The van der Waals surface area contributed by atoms with Crippen LogP contribution in [0.15, 0.2) is 24.3 Å². The van der Waals surface area contributed by atoms with Gasteiger partial charge in [0.1, 0.15) is 48.0 Å². The molecule has 16 N–H and O–H groups in total. The van der Waals surface area contributed by atoms with E-state index >= 15 is 4.79 Å². The third-order valence-electron chi connectivity index (χ3n) is 12.5. The molecule has 9 amide bonds. The number of carbonyl (C=O) groups excluding carboxylic acids is 11. The second kappa shape index (κ2) is 31.9. The molecule has 2 aliphatic heterocycles. The van der Waals surface area contributed by atoms with Crippen LogP contribution in [0.2, 0.25) is 0 Å². The average Bonchev–Trinajstić information content (AvgIpc) is 3.63. The highest BCUT2D eigenvalue weighted by Gasteiger charge is 2.43. The molecule has 75 heavy (non-hydrogen) atoms. The first-order valence-electron chi connectivity index (χ1n) is 24.6. The van der Waals surface area contributed by atoms with Gasteiger partial charge in [0, 0.05) is 44.8 Å². The number of nitrogens with zero attached hydrogens (tertiary/aromatic N) is 1. The average molecular weight is 1100 g/mol. The molecule has 10 atom stereocenters. The summed E-state index contributed by atoms with van der Waals surface area (Å²) in [5, 5.41) is 40.2. The van der Waals surface area contributed by atoms with Crippen molar-refractivity contribution in [3.8, 4) is 5.75 Å². The van der Waals surface area contributed by atoms with Crippen molar-refractivity contribution in [3.63, 3.8) is 0 Å². The van der Waals surface area contributed by atoms with Gasteiger partial charge in [-0.3, -0.25) is 43.2 Å². The van der Waals surface area contributed by atoms with E-state index in [-0.39, 0.29) is 82.6 Å². The van der Waals surface area contributed by atoms with Gasteiger partial charge in [0.25, 0.3) is 0 Å². The van der Waals surface area contributed by atoms with Gasteiger partial charge in [-0.1, -0.05) is 67.8 Å². The van der Waals surface area contributed by atoms with Gasteiger partial charge in [-0.05, 0) is 42.4 Å². The Morgan fingerprint density at radius 1 is 0.907 bits per heavy atom. The number of hydrogen-bond donors (Lipinski definition) is 13. The largest absolute Gasteiger partial charge is 0.508 e. The van der Waals surface area contributed by atoms with E-state index in [9.17, 15) is 58.2 Å². The zero-order chi connectivity index (χ0) is 55.8. The Morgan fingerprint density at radius 2 is 1.59 bits per heavy atom. The van der Waals surface area contributed by atoms with Crippen molar-refractivity contribution in [2.45, 2.75) is 119 Å². The first-order chi connectivity index (χ1) is 35.6. The maximum Gasteiger partial charge on any atom is 0.246 e. The summed E-state index contributed by atoms with van der Waals surface area (Å²) >= 11 is 0. The number of fused-ring (bicyclic) bond motifs is 3. The second-order valence-corrected chi connectivity index (χ2v) is 21.4. The van der Waals surface area contributed by atoms with Crippen molar-refractivity contribution in [1.82, 2.24) is 47.4 Å². The number of phenolic OH excluding ortho intramolecular Hbond substituents is 1.